The third kappa shape index (κ3) is 5.13. The largest absolute Gasteiger partial charge is 0.491 e. The van der Waals surface area contributed by atoms with Gasteiger partial charge in [0.15, 0.2) is 0 Å². The van der Waals surface area contributed by atoms with Crippen LogP contribution in [0, 0.1) is 6.92 Å². The van der Waals surface area contributed by atoms with Gasteiger partial charge in [0.2, 0.25) is 5.91 Å². The normalized spacial score (nSPS) is 17.2. The number of aryl methyl sites for hydroxylation is 1. The Bertz CT molecular complexity index is 781. The van der Waals surface area contributed by atoms with Crippen molar-refractivity contribution in [2.24, 2.45) is 0 Å². The molecule has 0 radical (unpaired) electrons. The maximum Gasteiger partial charge on any atom is 0.227 e. The number of carbonyl (C=O) groups is 1. The molecular formula is C20H21Cl2NO3. The van der Waals surface area contributed by atoms with Crippen molar-refractivity contribution in [1.29, 1.82) is 0 Å². The van der Waals surface area contributed by atoms with E-state index in [4.69, 9.17) is 32.7 Å². The second-order valence-corrected chi connectivity index (χ2v) is 7.20. The minimum absolute atomic E-state index is 0.0721. The Morgan fingerprint density at radius 1 is 1.27 bits per heavy atom. The van der Waals surface area contributed by atoms with Crippen LogP contribution in [0.3, 0.4) is 0 Å². The molecule has 2 aromatic rings. The van der Waals surface area contributed by atoms with Crippen LogP contribution in [0.25, 0.3) is 0 Å². The number of nitrogens with zero attached hydrogens (tertiary/aromatic N) is 1. The van der Waals surface area contributed by atoms with Crippen LogP contribution in [-0.4, -0.2) is 43.2 Å². The molecule has 138 valence electrons. The quantitative estimate of drug-likeness (QED) is 0.765. The van der Waals surface area contributed by atoms with Crippen molar-refractivity contribution in [1.82, 2.24) is 4.90 Å². The number of halogens is 2. The van der Waals surface area contributed by atoms with Gasteiger partial charge < -0.3 is 14.4 Å². The number of morpholine rings is 1. The van der Waals surface area contributed by atoms with Crippen molar-refractivity contribution in [3.8, 4) is 5.75 Å². The van der Waals surface area contributed by atoms with Crippen LogP contribution >= 0.6 is 23.2 Å². The molecule has 0 spiro atoms. The number of benzene rings is 2. The standard InChI is InChI=1S/C20H21Cl2NO3/c1-14-9-17(5-6-19(14)22)26-13-18-12-23(7-8-25-18)20(24)11-15-3-2-4-16(21)10-15/h2-6,9-10,18H,7-8,11-13H2,1H3. The first-order chi connectivity index (χ1) is 12.5. The number of hydrogen-bond donors (Lipinski definition) is 0. The predicted octanol–water partition coefficient (Wildman–Crippen LogP) is 4.15. The Hall–Kier alpha value is -1.75. The molecule has 4 nitrogen and oxygen atoms in total. The summed E-state index contributed by atoms with van der Waals surface area (Å²) in [6, 6.07) is 12.9. The lowest BCUT2D eigenvalue weighted by molar-refractivity contribution is -0.139. The smallest absolute Gasteiger partial charge is 0.227 e. The Morgan fingerprint density at radius 3 is 2.88 bits per heavy atom. The van der Waals surface area contributed by atoms with Crippen molar-refractivity contribution < 1.29 is 14.3 Å². The molecule has 6 heteroatoms. The number of amides is 1. The summed E-state index contributed by atoms with van der Waals surface area (Å²) in [7, 11) is 0. The maximum atomic E-state index is 12.6. The van der Waals surface area contributed by atoms with E-state index in [2.05, 4.69) is 0 Å². The second kappa shape index (κ2) is 8.76. The zero-order chi connectivity index (χ0) is 18.5. The highest BCUT2D eigenvalue weighted by Gasteiger charge is 2.24. The molecule has 3 rings (SSSR count). The maximum absolute atomic E-state index is 12.6. The van der Waals surface area contributed by atoms with E-state index in [1.165, 1.54) is 0 Å². The van der Waals surface area contributed by atoms with Crippen LogP contribution < -0.4 is 4.74 Å². The van der Waals surface area contributed by atoms with Gasteiger partial charge in [-0.25, -0.2) is 0 Å². The summed E-state index contributed by atoms with van der Waals surface area (Å²) in [6.45, 7) is 3.95. The Kier molecular flexibility index (Phi) is 6.41. The van der Waals surface area contributed by atoms with Gasteiger partial charge in [-0.15, -0.1) is 0 Å². The molecule has 1 saturated heterocycles. The predicted molar refractivity (Wildman–Crippen MR) is 103 cm³/mol. The molecular weight excluding hydrogens is 373 g/mol. The summed E-state index contributed by atoms with van der Waals surface area (Å²) in [5.41, 5.74) is 1.88. The van der Waals surface area contributed by atoms with E-state index < -0.39 is 0 Å². The lowest BCUT2D eigenvalue weighted by Crippen LogP contribution is -2.48. The minimum Gasteiger partial charge on any atom is -0.491 e. The average Bonchev–Trinajstić information content (AvgIpc) is 2.63. The molecule has 26 heavy (non-hydrogen) atoms. The fourth-order valence-electron chi connectivity index (χ4n) is 2.88. The zero-order valence-electron chi connectivity index (χ0n) is 14.6. The third-order valence-electron chi connectivity index (χ3n) is 4.30. The SMILES string of the molecule is Cc1cc(OCC2CN(C(=O)Cc3cccc(Cl)c3)CCO2)ccc1Cl. The molecule has 1 unspecified atom stereocenters. The summed E-state index contributed by atoms with van der Waals surface area (Å²) in [5.74, 6) is 0.820. The highest BCUT2D eigenvalue weighted by Crippen LogP contribution is 2.21. The van der Waals surface area contributed by atoms with Crippen LogP contribution in [0.5, 0.6) is 5.75 Å². The van der Waals surface area contributed by atoms with Gasteiger partial charge in [-0.3, -0.25) is 4.79 Å². The van der Waals surface area contributed by atoms with Gasteiger partial charge in [-0.2, -0.15) is 0 Å². The molecule has 1 amide bonds. The summed E-state index contributed by atoms with van der Waals surface area (Å²) >= 11 is 12.0. The van der Waals surface area contributed by atoms with Crippen LogP contribution in [0.1, 0.15) is 11.1 Å². The van der Waals surface area contributed by atoms with Gasteiger partial charge in [0.05, 0.1) is 19.6 Å². The first-order valence-electron chi connectivity index (χ1n) is 8.54. The summed E-state index contributed by atoms with van der Waals surface area (Å²) in [5, 5.41) is 1.35. The van der Waals surface area contributed by atoms with Gasteiger partial charge in [0.25, 0.3) is 0 Å². The number of hydrogen-bond acceptors (Lipinski definition) is 3. The fourth-order valence-corrected chi connectivity index (χ4v) is 3.21. The van der Waals surface area contributed by atoms with Gasteiger partial charge in [-0.1, -0.05) is 35.3 Å². The number of carbonyl (C=O) groups excluding carboxylic acids is 1. The van der Waals surface area contributed by atoms with Gasteiger partial charge in [0.1, 0.15) is 18.5 Å². The topological polar surface area (TPSA) is 38.8 Å². The highest BCUT2D eigenvalue weighted by atomic mass is 35.5. The fraction of sp³-hybridized carbons (Fsp3) is 0.350. The molecule has 1 aliphatic rings. The first-order valence-corrected chi connectivity index (χ1v) is 9.29. The molecule has 1 aliphatic heterocycles. The average molecular weight is 394 g/mol. The van der Waals surface area contributed by atoms with Crippen molar-refractivity contribution in [2.45, 2.75) is 19.4 Å². The van der Waals surface area contributed by atoms with Crippen LogP contribution in [-0.2, 0) is 16.0 Å². The molecule has 1 heterocycles. The molecule has 2 aromatic carbocycles. The van der Waals surface area contributed by atoms with E-state index in [1.807, 2.05) is 48.2 Å². The Balaban J connectivity index is 1.53. The van der Waals surface area contributed by atoms with Gasteiger partial charge in [0, 0.05) is 16.6 Å². The highest BCUT2D eigenvalue weighted by molar-refractivity contribution is 6.31. The van der Waals surface area contributed by atoms with Crippen LogP contribution in [0.2, 0.25) is 10.0 Å². The lowest BCUT2D eigenvalue weighted by Gasteiger charge is -2.33. The van der Waals surface area contributed by atoms with Gasteiger partial charge >= 0.3 is 0 Å². The van der Waals surface area contributed by atoms with Crippen molar-refractivity contribution >= 4 is 29.1 Å². The van der Waals surface area contributed by atoms with E-state index in [1.54, 1.807) is 6.07 Å². The van der Waals surface area contributed by atoms with E-state index in [9.17, 15) is 4.79 Å². The monoisotopic (exact) mass is 393 g/mol. The van der Waals surface area contributed by atoms with Crippen LogP contribution in [0.15, 0.2) is 42.5 Å². The lowest BCUT2D eigenvalue weighted by atomic mass is 10.1. The summed E-state index contributed by atoms with van der Waals surface area (Å²) in [4.78, 5) is 14.4. The molecule has 1 atom stereocenters. The van der Waals surface area contributed by atoms with Crippen molar-refractivity contribution in [3.63, 3.8) is 0 Å². The van der Waals surface area contributed by atoms with Crippen molar-refractivity contribution in [3.05, 3.63) is 63.6 Å². The zero-order valence-corrected chi connectivity index (χ0v) is 16.1. The van der Waals surface area contributed by atoms with E-state index in [-0.39, 0.29) is 12.0 Å². The molecule has 0 bridgehead atoms. The number of rotatable bonds is 5. The van der Waals surface area contributed by atoms with Gasteiger partial charge in [-0.05, 0) is 48.4 Å². The van der Waals surface area contributed by atoms with E-state index >= 15 is 0 Å². The molecule has 0 aromatic heterocycles. The molecule has 1 fully saturated rings. The second-order valence-electron chi connectivity index (χ2n) is 6.36. The Morgan fingerprint density at radius 2 is 2.12 bits per heavy atom. The third-order valence-corrected chi connectivity index (χ3v) is 4.96. The summed E-state index contributed by atoms with van der Waals surface area (Å²) in [6.07, 6.45) is 0.188. The molecule has 0 saturated carbocycles. The minimum atomic E-state index is -0.150. The Labute approximate surface area is 163 Å². The van der Waals surface area contributed by atoms with E-state index in [0.29, 0.717) is 42.8 Å². The molecule has 0 N–H and O–H groups in total. The van der Waals surface area contributed by atoms with Crippen molar-refractivity contribution in [2.75, 3.05) is 26.3 Å². The first kappa shape index (κ1) is 19.0. The van der Waals surface area contributed by atoms with Crippen LogP contribution in [0.4, 0.5) is 0 Å². The van der Waals surface area contributed by atoms with E-state index in [0.717, 1.165) is 16.9 Å². The summed E-state index contributed by atoms with van der Waals surface area (Å²) < 4.78 is 11.5. The molecule has 0 aliphatic carbocycles. The number of ether oxygens (including phenoxy) is 2.